The Labute approximate surface area is 289 Å². The van der Waals surface area contributed by atoms with Gasteiger partial charge in [-0.05, 0) is 51.1 Å². The number of hydrogen-bond acceptors (Lipinski definition) is 4. The molecule has 4 heteroatoms. The van der Waals surface area contributed by atoms with E-state index in [4.69, 9.17) is 19.4 Å². The third kappa shape index (κ3) is 4.22. The van der Waals surface area contributed by atoms with Crippen LogP contribution in [0.3, 0.4) is 0 Å². The van der Waals surface area contributed by atoms with Crippen molar-refractivity contribution in [2.24, 2.45) is 0 Å². The van der Waals surface area contributed by atoms with Crippen molar-refractivity contribution in [1.29, 1.82) is 0 Å². The average Bonchev–Trinajstić information content (AvgIpc) is 3.73. The van der Waals surface area contributed by atoms with E-state index in [0.29, 0.717) is 17.5 Å². The van der Waals surface area contributed by atoms with Crippen LogP contribution in [0.5, 0.6) is 0 Å². The zero-order valence-electron chi connectivity index (χ0n) is 27.0. The van der Waals surface area contributed by atoms with Crippen LogP contribution in [0.15, 0.2) is 180 Å². The summed E-state index contributed by atoms with van der Waals surface area (Å²) in [5.74, 6) is 1.84. The van der Waals surface area contributed by atoms with Gasteiger partial charge in [-0.1, -0.05) is 164 Å². The van der Waals surface area contributed by atoms with E-state index in [1.54, 1.807) is 0 Å². The highest BCUT2D eigenvalue weighted by Gasteiger charge is 2.48. The van der Waals surface area contributed by atoms with E-state index in [2.05, 4.69) is 152 Å². The predicted molar refractivity (Wildman–Crippen MR) is 201 cm³/mol. The molecule has 0 aliphatic heterocycles. The zero-order valence-corrected chi connectivity index (χ0v) is 27.0. The Hall–Kier alpha value is -6.65. The summed E-state index contributed by atoms with van der Waals surface area (Å²) < 4.78 is 6.54. The second kappa shape index (κ2) is 11.2. The van der Waals surface area contributed by atoms with Crippen LogP contribution in [-0.4, -0.2) is 15.0 Å². The Morgan fingerprint density at radius 1 is 0.380 bits per heavy atom. The van der Waals surface area contributed by atoms with Gasteiger partial charge in [0, 0.05) is 16.3 Å². The van der Waals surface area contributed by atoms with Crippen LogP contribution in [0, 0.1) is 0 Å². The summed E-state index contributed by atoms with van der Waals surface area (Å²) in [6, 6.07) is 61.2. The third-order valence-electron chi connectivity index (χ3n) is 10.0. The lowest BCUT2D eigenvalue weighted by molar-refractivity contribution is 0.668. The molecule has 0 saturated carbocycles. The molecule has 2 heterocycles. The highest BCUT2D eigenvalue weighted by atomic mass is 16.3. The Balaban J connectivity index is 1.28. The van der Waals surface area contributed by atoms with Gasteiger partial charge >= 0.3 is 0 Å². The Bertz CT molecular complexity index is 2650. The first kappa shape index (κ1) is 28.4. The molecule has 0 atom stereocenters. The molecular weight excluding hydrogens is 611 g/mol. The first-order valence-electron chi connectivity index (χ1n) is 16.9. The number of rotatable bonds is 5. The lowest BCUT2D eigenvalue weighted by atomic mass is 9.71. The molecular formula is C46H29N3O. The molecule has 0 unspecified atom stereocenters. The van der Waals surface area contributed by atoms with Crippen LogP contribution in [-0.2, 0) is 5.41 Å². The smallest absolute Gasteiger partial charge is 0.167 e. The molecule has 0 radical (unpaired) electrons. The molecule has 10 rings (SSSR count). The van der Waals surface area contributed by atoms with Gasteiger partial charge in [0.2, 0.25) is 0 Å². The highest BCUT2D eigenvalue weighted by Crippen LogP contribution is 2.55. The second-order valence-corrected chi connectivity index (χ2v) is 12.7. The molecule has 4 nitrogen and oxygen atoms in total. The van der Waals surface area contributed by atoms with Gasteiger partial charge in [0.1, 0.15) is 16.6 Å². The molecule has 0 saturated heterocycles. The number of hydrogen-bond donors (Lipinski definition) is 0. The van der Waals surface area contributed by atoms with E-state index in [1.807, 2.05) is 24.3 Å². The molecule has 50 heavy (non-hydrogen) atoms. The molecule has 0 fully saturated rings. The summed E-state index contributed by atoms with van der Waals surface area (Å²) in [5.41, 5.74) is 10.6. The van der Waals surface area contributed by atoms with E-state index < -0.39 is 5.41 Å². The van der Waals surface area contributed by atoms with Gasteiger partial charge in [0.25, 0.3) is 0 Å². The average molecular weight is 640 g/mol. The van der Waals surface area contributed by atoms with Crippen molar-refractivity contribution in [2.45, 2.75) is 5.41 Å². The van der Waals surface area contributed by atoms with Gasteiger partial charge in [-0.3, -0.25) is 0 Å². The minimum atomic E-state index is -0.785. The summed E-state index contributed by atoms with van der Waals surface area (Å²) in [4.78, 5) is 16.1. The summed E-state index contributed by atoms with van der Waals surface area (Å²) in [5, 5.41) is 2.10. The first-order chi connectivity index (χ1) is 24.8. The highest BCUT2D eigenvalue weighted by molar-refractivity contribution is 6.09. The van der Waals surface area contributed by atoms with Crippen LogP contribution in [0.2, 0.25) is 0 Å². The lowest BCUT2D eigenvalue weighted by Crippen LogP contribution is -2.31. The molecule has 0 amide bonds. The Morgan fingerprint density at radius 2 is 0.920 bits per heavy atom. The SMILES string of the molecule is c1ccc(-c2ccc(-c3nc(-c4cccc5c4oc4ccccc45)nc(C4(c5ccccc5)c5ccccc5-c5ccccc54)n3)cc2)cc1. The van der Waals surface area contributed by atoms with Gasteiger partial charge in [-0.2, -0.15) is 0 Å². The van der Waals surface area contributed by atoms with Crippen LogP contribution >= 0.6 is 0 Å². The number of para-hydroxylation sites is 2. The van der Waals surface area contributed by atoms with E-state index in [1.165, 1.54) is 11.1 Å². The fourth-order valence-corrected chi connectivity index (χ4v) is 7.76. The van der Waals surface area contributed by atoms with Crippen LogP contribution in [0.4, 0.5) is 0 Å². The van der Waals surface area contributed by atoms with Gasteiger partial charge in [0.05, 0.1) is 5.56 Å². The van der Waals surface area contributed by atoms with Crippen molar-refractivity contribution in [3.8, 4) is 45.0 Å². The van der Waals surface area contributed by atoms with Crippen molar-refractivity contribution in [3.05, 3.63) is 198 Å². The van der Waals surface area contributed by atoms with E-state index in [9.17, 15) is 0 Å². The molecule has 7 aromatic carbocycles. The predicted octanol–water partition coefficient (Wildman–Crippen LogP) is 11.1. The van der Waals surface area contributed by atoms with Crippen LogP contribution < -0.4 is 0 Å². The third-order valence-corrected chi connectivity index (χ3v) is 10.0. The molecule has 9 aromatic rings. The molecule has 2 aromatic heterocycles. The monoisotopic (exact) mass is 639 g/mol. The maximum absolute atomic E-state index is 6.54. The molecule has 1 aliphatic rings. The fourth-order valence-electron chi connectivity index (χ4n) is 7.76. The number of fused-ring (bicyclic) bond motifs is 6. The van der Waals surface area contributed by atoms with Crippen molar-refractivity contribution >= 4 is 21.9 Å². The van der Waals surface area contributed by atoms with Crippen LogP contribution in [0.1, 0.15) is 22.5 Å². The minimum Gasteiger partial charge on any atom is -0.455 e. The Kier molecular flexibility index (Phi) is 6.36. The minimum absolute atomic E-state index is 0.568. The van der Waals surface area contributed by atoms with Crippen molar-refractivity contribution < 1.29 is 4.42 Å². The summed E-state index contributed by atoms with van der Waals surface area (Å²) in [6.45, 7) is 0. The number of nitrogens with zero attached hydrogens (tertiary/aromatic N) is 3. The maximum atomic E-state index is 6.54. The molecule has 0 N–H and O–H groups in total. The van der Waals surface area contributed by atoms with Crippen LogP contribution in [0.25, 0.3) is 67.0 Å². The van der Waals surface area contributed by atoms with Gasteiger partial charge in [-0.25, -0.2) is 15.0 Å². The molecule has 0 spiro atoms. The maximum Gasteiger partial charge on any atom is 0.167 e. The van der Waals surface area contributed by atoms with E-state index in [0.717, 1.165) is 60.9 Å². The lowest BCUT2D eigenvalue weighted by Gasteiger charge is -2.31. The number of aromatic nitrogens is 3. The topological polar surface area (TPSA) is 51.8 Å². The molecule has 1 aliphatic carbocycles. The zero-order chi connectivity index (χ0) is 33.1. The molecule has 234 valence electrons. The fraction of sp³-hybridized carbons (Fsp3) is 0.0217. The largest absolute Gasteiger partial charge is 0.455 e. The van der Waals surface area contributed by atoms with E-state index in [-0.39, 0.29) is 0 Å². The van der Waals surface area contributed by atoms with Gasteiger partial charge in [0.15, 0.2) is 17.5 Å². The number of furan rings is 1. The van der Waals surface area contributed by atoms with Crippen molar-refractivity contribution in [2.75, 3.05) is 0 Å². The summed E-state index contributed by atoms with van der Waals surface area (Å²) in [6.07, 6.45) is 0. The quantitative estimate of drug-likeness (QED) is 0.188. The van der Waals surface area contributed by atoms with Gasteiger partial charge in [-0.15, -0.1) is 0 Å². The van der Waals surface area contributed by atoms with Crippen molar-refractivity contribution in [1.82, 2.24) is 15.0 Å². The first-order valence-corrected chi connectivity index (χ1v) is 16.9. The summed E-state index contributed by atoms with van der Waals surface area (Å²) in [7, 11) is 0. The normalized spacial score (nSPS) is 13.0. The Morgan fingerprint density at radius 3 is 1.66 bits per heavy atom. The molecule has 0 bridgehead atoms. The standard InChI is InChI=1S/C46H29N3O/c1-3-14-30(15-4-1)31-26-28-32(29-27-31)43-47-44(38-22-13-21-37-36-20-9-12-25-41(36)50-42(37)38)49-45(48-43)46(33-16-5-2-6-17-33)39-23-10-7-18-34(39)35-19-8-11-24-40(35)46/h1-29H. The number of benzene rings is 7. The van der Waals surface area contributed by atoms with Crippen molar-refractivity contribution in [3.63, 3.8) is 0 Å². The van der Waals surface area contributed by atoms with Gasteiger partial charge < -0.3 is 4.42 Å². The summed E-state index contributed by atoms with van der Waals surface area (Å²) >= 11 is 0. The van der Waals surface area contributed by atoms with E-state index >= 15 is 0 Å². The second-order valence-electron chi connectivity index (χ2n) is 12.7.